The second-order valence-electron chi connectivity index (χ2n) is 4.43. The third-order valence-electron chi connectivity index (χ3n) is 2.75. The third-order valence-corrected chi connectivity index (χ3v) is 3.25. The normalized spacial score (nSPS) is 10.3. The molecule has 2 nitrogen and oxygen atoms in total. The van der Waals surface area contributed by atoms with Crippen molar-refractivity contribution in [2.24, 2.45) is 0 Å². The highest BCUT2D eigenvalue weighted by molar-refractivity contribution is 9.10. The van der Waals surface area contributed by atoms with Crippen LogP contribution < -0.4 is 5.32 Å². The number of anilines is 1. The standard InChI is InChI=1S/C15H13BrFNO/c1-9-5-11(7-13(17)6-9)15(19)18-14-8-12(16)4-3-10(14)2/h3-8H,1-2H3,(H,18,19). The van der Waals surface area contributed by atoms with Crippen LogP contribution in [0.1, 0.15) is 21.5 Å². The summed E-state index contributed by atoms with van der Waals surface area (Å²) in [5.74, 6) is -0.722. The van der Waals surface area contributed by atoms with Crippen LogP contribution in [0.25, 0.3) is 0 Å². The van der Waals surface area contributed by atoms with Crippen molar-refractivity contribution >= 4 is 27.5 Å². The fourth-order valence-electron chi connectivity index (χ4n) is 1.79. The Kier molecular flexibility index (Phi) is 4.00. The summed E-state index contributed by atoms with van der Waals surface area (Å²) in [6, 6.07) is 9.90. The van der Waals surface area contributed by atoms with Gasteiger partial charge in [0.2, 0.25) is 0 Å². The average molecular weight is 322 g/mol. The maximum absolute atomic E-state index is 13.3. The summed E-state index contributed by atoms with van der Waals surface area (Å²) in [5.41, 5.74) is 2.69. The Morgan fingerprint density at radius 2 is 1.89 bits per heavy atom. The van der Waals surface area contributed by atoms with Crippen molar-refractivity contribution in [3.8, 4) is 0 Å². The Morgan fingerprint density at radius 1 is 1.16 bits per heavy atom. The molecule has 1 amide bonds. The summed E-state index contributed by atoms with van der Waals surface area (Å²) < 4.78 is 14.2. The van der Waals surface area contributed by atoms with Crippen LogP contribution in [0.2, 0.25) is 0 Å². The predicted octanol–water partition coefficient (Wildman–Crippen LogP) is 4.46. The second-order valence-corrected chi connectivity index (χ2v) is 5.35. The molecule has 1 N–H and O–H groups in total. The number of amides is 1. The van der Waals surface area contributed by atoms with E-state index in [1.54, 1.807) is 13.0 Å². The Morgan fingerprint density at radius 3 is 2.58 bits per heavy atom. The third kappa shape index (κ3) is 3.41. The lowest BCUT2D eigenvalue weighted by Crippen LogP contribution is -2.13. The van der Waals surface area contributed by atoms with Gasteiger partial charge in [0, 0.05) is 15.7 Å². The fourth-order valence-corrected chi connectivity index (χ4v) is 2.15. The highest BCUT2D eigenvalue weighted by Crippen LogP contribution is 2.21. The smallest absolute Gasteiger partial charge is 0.255 e. The minimum absolute atomic E-state index is 0.316. The number of nitrogens with one attached hydrogen (secondary N) is 1. The summed E-state index contributed by atoms with van der Waals surface area (Å²) in [7, 11) is 0. The molecule has 0 aromatic heterocycles. The van der Waals surface area contributed by atoms with E-state index in [0.29, 0.717) is 11.3 Å². The number of aryl methyl sites for hydroxylation is 2. The van der Waals surface area contributed by atoms with E-state index in [0.717, 1.165) is 15.6 Å². The lowest BCUT2D eigenvalue weighted by atomic mass is 10.1. The van der Waals surface area contributed by atoms with Crippen LogP contribution in [0.15, 0.2) is 40.9 Å². The molecule has 0 saturated carbocycles. The zero-order chi connectivity index (χ0) is 14.0. The topological polar surface area (TPSA) is 29.1 Å². The molecule has 19 heavy (non-hydrogen) atoms. The summed E-state index contributed by atoms with van der Waals surface area (Å²) in [6.07, 6.45) is 0. The van der Waals surface area contributed by atoms with Crippen LogP contribution in [-0.2, 0) is 0 Å². The van der Waals surface area contributed by atoms with Gasteiger partial charge in [-0.15, -0.1) is 0 Å². The van der Waals surface area contributed by atoms with E-state index in [9.17, 15) is 9.18 Å². The molecule has 0 radical (unpaired) electrons. The zero-order valence-corrected chi connectivity index (χ0v) is 12.2. The van der Waals surface area contributed by atoms with Gasteiger partial charge >= 0.3 is 0 Å². The fraction of sp³-hybridized carbons (Fsp3) is 0.133. The van der Waals surface area contributed by atoms with Gasteiger partial charge in [-0.1, -0.05) is 22.0 Å². The number of rotatable bonds is 2. The Hall–Kier alpha value is -1.68. The SMILES string of the molecule is Cc1cc(F)cc(C(=O)Nc2cc(Br)ccc2C)c1. The van der Waals surface area contributed by atoms with Gasteiger partial charge in [0.25, 0.3) is 5.91 Å². The van der Waals surface area contributed by atoms with E-state index in [4.69, 9.17) is 0 Å². The number of carbonyl (C=O) groups excluding carboxylic acids is 1. The highest BCUT2D eigenvalue weighted by Gasteiger charge is 2.09. The summed E-state index contributed by atoms with van der Waals surface area (Å²) in [4.78, 5) is 12.1. The first-order valence-electron chi connectivity index (χ1n) is 5.80. The summed E-state index contributed by atoms with van der Waals surface area (Å²) >= 11 is 3.35. The maximum atomic E-state index is 13.3. The van der Waals surface area contributed by atoms with Crippen LogP contribution in [0.5, 0.6) is 0 Å². The second kappa shape index (κ2) is 5.53. The molecule has 0 bridgehead atoms. The zero-order valence-electron chi connectivity index (χ0n) is 10.6. The molecule has 0 fully saturated rings. The predicted molar refractivity (Wildman–Crippen MR) is 78.0 cm³/mol. The van der Waals surface area contributed by atoms with Crippen molar-refractivity contribution in [3.63, 3.8) is 0 Å². The number of halogens is 2. The Labute approximate surface area is 119 Å². The van der Waals surface area contributed by atoms with Gasteiger partial charge in [0.05, 0.1) is 0 Å². The van der Waals surface area contributed by atoms with Gasteiger partial charge in [-0.2, -0.15) is 0 Å². The van der Waals surface area contributed by atoms with E-state index < -0.39 is 5.82 Å². The van der Waals surface area contributed by atoms with E-state index in [1.165, 1.54) is 12.1 Å². The van der Waals surface area contributed by atoms with Crippen molar-refractivity contribution in [1.82, 2.24) is 0 Å². The molecule has 0 aliphatic rings. The van der Waals surface area contributed by atoms with Gasteiger partial charge in [0.15, 0.2) is 0 Å². The molecule has 0 atom stereocenters. The molecule has 0 spiro atoms. The van der Waals surface area contributed by atoms with Crippen LogP contribution >= 0.6 is 15.9 Å². The van der Waals surface area contributed by atoms with E-state index >= 15 is 0 Å². The van der Waals surface area contributed by atoms with Crippen LogP contribution in [-0.4, -0.2) is 5.91 Å². The minimum Gasteiger partial charge on any atom is -0.322 e. The van der Waals surface area contributed by atoms with Crippen molar-refractivity contribution in [2.75, 3.05) is 5.32 Å². The minimum atomic E-state index is -0.406. The molecule has 0 saturated heterocycles. The molecule has 98 valence electrons. The number of benzene rings is 2. The highest BCUT2D eigenvalue weighted by atomic mass is 79.9. The largest absolute Gasteiger partial charge is 0.322 e. The van der Waals surface area contributed by atoms with Gasteiger partial charge in [-0.05, 0) is 55.3 Å². The molecule has 0 aliphatic carbocycles. The lowest BCUT2D eigenvalue weighted by Gasteiger charge is -2.09. The van der Waals surface area contributed by atoms with E-state index in [-0.39, 0.29) is 5.91 Å². The van der Waals surface area contributed by atoms with Crippen molar-refractivity contribution in [2.45, 2.75) is 13.8 Å². The first kappa shape index (κ1) is 13.7. The molecular formula is C15H13BrFNO. The van der Waals surface area contributed by atoms with Crippen LogP contribution in [0.4, 0.5) is 10.1 Å². The molecular weight excluding hydrogens is 309 g/mol. The van der Waals surface area contributed by atoms with Crippen molar-refractivity contribution in [3.05, 3.63) is 63.4 Å². The Bertz CT molecular complexity index is 620. The summed E-state index contributed by atoms with van der Waals surface area (Å²) in [6.45, 7) is 3.66. The average Bonchev–Trinajstić information content (AvgIpc) is 2.32. The van der Waals surface area contributed by atoms with Crippen molar-refractivity contribution < 1.29 is 9.18 Å². The molecule has 2 aromatic rings. The quantitative estimate of drug-likeness (QED) is 0.869. The van der Waals surface area contributed by atoms with E-state index in [1.807, 2.05) is 25.1 Å². The number of hydrogen-bond acceptors (Lipinski definition) is 1. The van der Waals surface area contributed by atoms with Crippen LogP contribution in [0, 0.1) is 19.7 Å². The number of carbonyl (C=O) groups is 1. The summed E-state index contributed by atoms with van der Waals surface area (Å²) in [5, 5.41) is 2.79. The first-order valence-corrected chi connectivity index (χ1v) is 6.60. The van der Waals surface area contributed by atoms with Gasteiger partial charge in [-0.3, -0.25) is 4.79 Å². The Balaban J connectivity index is 2.28. The molecule has 4 heteroatoms. The van der Waals surface area contributed by atoms with Gasteiger partial charge < -0.3 is 5.32 Å². The van der Waals surface area contributed by atoms with Crippen LogP contribution in [0.3, 0.4) is 0 Å². The molecule has 2 aromatic carbocycles. The molecule has 0 heterocycles. The number of hydrogen-bond donors (Lipinski definition) is 1. The first-order chi connectivity index (χ1) is 8.95. The monoisotopic (exact) mass is 321 g/mol. The maximum Gasteiger partial charge on any atom is 0.255 e. The van der Waals surface area contributed by atoms with Crippen molar-refractivity contribution in [1.29, 1.82) is 0 Å². The lowest BCUT2D eigenvalue weighted by molar-refractivity contribution is 0.102. The van der Waals surface area contributed by atoms with Gasteiger partial charge in [0.1, 0.15) is 5.82 Å². The van der Waals surface area contributed by atoms with E-state index in [2.05, 4.69) is 21.2 Å². The molecule has 0 unspecified atom stereocenters. The molecule has 2 rings (SSSR count). The molecule has 0 aliphatic heterocycles. The van der Waals surface area contributed by atoms with Gasteiger partial charge in [-0.25, -0.2) is 4.39 Å².